The summed E-state index contributed by atoms with van der Waals surface area (Å²) in [5.41, 5.74) is 0. The van der Waals surface area contributed by atoms with Crippen LogP contribution in [0.25, 0.3) is 0 Å². The third kappa shape index (κ3) is 15.8. The van der Waals surface area contributed by atoms with Crippen LogP contribution in [0.2, 0.25) is 0 Å². The first-order valence-electron chi connectivity index (χ1n) is 17.7. The Morgan fingerprint density at radius 1 is 0.694 bits per heavy atom. The van der Waals surface area contributed by atoms with Crippen LogP contribution in [0.1, 0.15) is 84.5 Å². The Bertz CT molecular complexity index is 999. The Labute approximate surface area is 290 Å². The second kappa shape index (κ2) is 25.0. The van der Waals surface area contributed by atoms with Crippen LogP contribution in [0, 0.1) is 0 Å². The van der Waals surface area contributed by atoms with Crippen molar-refractivity contribution in [2.75, 3.05) is 19.8 Å². The van der Waals surface area contributed by atoms with E-state index in [1.54, 1.807) is 6.92 Å². The maximum Gasteiger partial charge on any atom is 0.305 e. The first-order chi connectivity index (χ1) is 23.6. The molecule has 13 nitrogen and oxygen atoms in total. The number of aliphatic hydroxyl groups excluding tert-OH is 7. The predicted molar refractivity (Wildman–Crippen MR) is 181 cm³/mol. The number of carbonyl (C=O) groups is 1. The zero-order valence-corrected chi connectivity index (χ0v) is 28.9. The van der Waals surface area contributed by atoms with Crippen molar-refractivity contribution in [2.24, 2.45) is 0 Å². The van der Waals surface area contributed by atoms with E-state index in [4.69, 9.17) is 23.7 Å². The number of hydrogen-bond donors (Lipinski definition) is 7. The fourth-order valence-electron chi connectivity index (χ4n) is 5.31. The minimum atomic E-state index is -1.70. The molecular weight excluding hydrogens is 640 g/mol. The number of allylic oxidation sites excluding steroid dienone is 8. The molecule has 0 radical (unpaired) electrons. The Balaban J connectivity index is 1.64. The molecule has 0 spiro atoms. The molecule has 13 heteroatoms. The van der Waals surface area contributed by atoms with Crippen LogP contribution in [0.15, 0.2) is 48.6 Å². The summed E-state index contributed by atoms with van der Waals surface area (Å²) in [4.78, 5) is 12.1. The van der Waals surface area contributed by atoms with Crippen LogP contribution in [-0.2, 0) is 28.5 Å². The first-order valence-corrected chi connectivity index (χ1v) is 17.7. The monoisotopic (exact) mass is 700 g/mol. The van der Waals surface area contributed by atoms with Gasteiger partial charge in [0.25, 0.3) is 0 Å². The van der Waals surface area contributed by atoms with Crippen LogP contribution in [-0.4, -0.2) is 129 Å². The summed E-state index contributed by atoms with van der Waals surface area (Å²) in [6.07, 6.45) is 10.6. The molecule has 7 N–H and O–H groups in total. The molecule has 49 heavy (non-hydrogen) atoms. The summed E-state index contributed by atoms with van der Waals surface area (Å²) in [6, 6.07) is 0. The summed E-state index contributed by atoms with van der Waals surface area (Å²) in [6.45, 7) is 2.43. The molecule has 282 valence electrons. The highest BCUT2D eigenvalue weighted by molar-refractivity contribution is 5.69. The van der Waals surface area contributed by atoms with Crippen LogP contribution in [0.3, 0.4) is 0 Å². The van der Waals surface area contributed by atoms with Crippen molar-refractivity contribution in [3.05, 3.63) is 48.6 Å². The number of carbonyl (C=O) groups excluding carboxylic acids is 1. The van der Waals surface area contributed by atoms with Crippen molar-refractivity contribution < 1.29 is 64.2 Å². The van der Waals surface area contributed by atoms with Gasteiger partial charge in [0.2, 0.25) is 0 Å². The van der Waals surface area contributed by atoms with Crippen LogP contribution in [0.5, 0.6) is 0 Å². The topological polar surface area (TPSA) is 205 Å². The standard InChI is InChI=1S/C36H60O13/c1-3-5-6-7-8-9-10-11-12-13-14-15-16-17-18-19-20-21-28(39)45-23-25(38)24-46-35-33(44)34(30(41)27(22-37)48-35)49-36-32(43)31(42)29(40)26(4-2)47-36/h8-9,11-12,14-15,17-18,25-27,29-38,40-44H,3-7,10,13,16,19-24H2,1-2H3/b9-8-,12-11-,15-14-,18-17-/t25?,26-,27-,29-,30-,31+,32-,33-,34+,35-,36+/m1/s1. The van der Waals surface area contributed by atoms with E-state index in [1.807, 2.05) is 12.2 Å². The average molecular weight is 701 g/mol. The highest BCUT2D eigenvalue weighted by atomic mass is 16.7. The van der Waals surface area contributed by atoms with Crippen LogP contribution >= 0.6 is 0 Å². The lowest BCUT2D eigenvalue weighted by Crippen LogP contribution is -2.64. The van der Waals surface area contributed by atoms with E-state index < -0.39 is 86.7 Å². The van der Waals surface area contributed by atoms with E-state index in [0.29, 0.717) is 12.8 Å². The summed E-state index contributed by atoms with van der Waals surface area (Å²) in [7, 11) is 0. The summed E-state index contributed by atoms with van der Waals surface area (Å²) < 4.78 is 27.2. The molecular formula is C36H60O13. The third-order valence-electron chi connectivity index (χ3n) is 8.28. The van der Waals surface area contributed by atoms with E-state index >= 15 is 0 Å². The Morgan fingerprint density at radius 3 is 1.88 bits per heavy atom. The van der Waals surface area contributed by atoms with Gasteiger partial charge >= 0.3 is 5.97 Å². The first kappa shape index (κ1) is 43.2. The molecule has 0 aliphatic carbocycles. The zero-order valence-electron chi connectivity index (χ0n) is 28.9. The van der Waals surface area contributed by atoms with Gasteiger partial charge in [-0.25, -0.2) is 0 Å². The summed E-state index contributed by atoms with van der Waals surface area (Å²) >= 11 is 0. The molecule has 0 amide bonds. The molecule has 0 saturated carbocycles. The van der Waals surface area contributed by atoms with Gasteiger partial charge in [0.15, 0.2) is 12.6 Å². The predicted octanol–water partition coefficient (Wildman–Crippen LogP) is 2.09. The molecule has 2 rings (SSSR count). The van der Waals surface area contributed by atoms with Gasteiger partial charge in [0, 0.05) is 6.42 Å². The highest BCUT2D eigenvalue weighted by Gasteiger charge is 2.50. The molecule has 2 heterocycles. The van der Waals surface area contributed by atoms with E-state index in [1.165, 1.54) is 19.3 Å². The fraction of sp³-hybridized carbons (Fsp3) is 0.750. The molecule has 2 fully saturated rings. The van der Waals surface area contributed by atoms with Crippen molar-refractivity contribution in [1.29, 1.82) is 0 Å². The molecule has 1 unspecified atom stereocenters. The summed E-state index contributed by atoms with van der Waals surface area (Å²) in [5.74, 6) is -0.482. The van der Waals surface area contributed by atoms with Gasteiger partial charge in [0.1, 0.15) is 55.4 Å². The number of rotatable bonds is 23. The minimum absolute atomic E-state index is 0.171. The lowest BCUT2D eigenvalue weighted by atomic mass is 9.96. The van der Waals surface area contributed by atoms with E-state index in [0.717, 1.165) is 25.7 Å². The Morgan fingerprint density at radius 2 is 1.29 bits per heavy atom. The quantitative estimate of drug-likeness (QED) is 0.0464. The second-order valence-corrected chi connectivity index (χ2v) is 12.4. The average Bonchev–Trinajstić information content (AvgIpc) is 3.10. The Kier molecular flexibility index (Phi) is 22.0. The summed E-state index contributed by atoms with van der Waals surface area (Å²) in [5, 5.41) is 72.0. The van der Waals surface area contributed by atoms with Gasteiger partial charge < -0.3 is 59.4 Å². The van der Waals surface area contributed by atoms with Crippen molar-refractivity contribution >= 4 is 5.97 Å². The molecule has 0 aromatic rings. The van der Waals surface area contributed by atoms with Crippen molar-refractivity contribution in [3.8, 4) is 0 Å². The molecule has 2 aliphatic rings. The highest BCUT2D eigenvalue weighted by Crippen LogP contribution is 2.30. The number of esters is 1. The maximum atomic E-state index is 12.1. The van der Waals surface area contributed by atoms with Gasteiger partial charge in [0.05, 0.1) is 19.3 Å². The smallest absolute Gasteiger partial charge is 0.305 e. The normalized spacial score (nSPS) is 31.8. The third-order valence-corrected chi connectivity index (χ3v) is 8.28. The largest absolute Gasteiger partial charge is 0.463 e. The van der Waals surface area contributed by atoms with Gasteiger partial charge in [-0.15, -0.1) is 0 Å². The molecule has 11 atom stereocenters. The molecule has 2 saturated heterocycles. The molecule has 0 aromatic heterocycles. The SMILES string of the molecule is CCCCC/C=C\C/C=C\C/C=C\C/C=C\CCCC(=O)OCC(O)CO[C@@H]1O[C@H](CO)[C@@H](O)[C@H](O[C@@H]2O[C@H](CC)[C@@H](O)[C@H](O)[C@H]2O)[C@H]1O. The van der Waals surface area contributed by atoms with E-state index in [9.17, 15) is 40.5 Å². The fourth-order valence-corrected chi connectivity index (χ4v) is 5.31. The lowest BCUT2D eigenvalue weighted by Gasteiger charge is -2.46. The second-order valence-electron chi connectivity index (χ2n) is 12.4. The van der Waals surface area contributed by atoms with Gasteiger partial charge in [-0.1, -0.05) is 75.3 Å². The zero-order chi connectivity index (χ0) is 36.0. The maximum absolute atomic E-state index is 12.1. The Hall–Kier alpha value is -2.01. The number of ether oxygens (including phenoxy) is 5. The van der Waals surface area contributed by atoms with E-state index in [2.05, 4.69) is 43.4 Å². The molecule has 0 aromatic carbocycles. The molecule has 2 aliphatic heterocycles. The van der Waals surface area contributed by atoms with E-state index in [-0.39, 0.29) is 19.4 Å². The minimum Gasteiger partial charge on any atom is -0.463 e. The van der Waals surface area contributed by atoms with Gasteiger partial charge in [-0.05, 0) is 51.4 Å². The van der Waals surface area contributed by atoms with Gasteiger partial charge in [-0.2, -0.15) is 0 Å². The lowest BCUT2D eigenvalue weighted by molar-refractivity contribution is -0.359. The number of hydrogen-bond acceptors (Lipinski definition) is 13. The van der Waals surface area contributed by atoms with Crippen LogP contribution in [0.4, 0.5) is 0 Å². The van der Waals surface area contributed by atoms with Gasteiger partial charge in [-0.3, -0.25) is 4.79 Å². The van der Waals surface area contributed by atoms with Crippen molar-refractivity contribution in [1.82, 2.24) is 0 Å². The van der Waals surface area contributed by atoms with Crippen molar-refractivity contribution in [2.45, 2.75) is 152 Å². The number of aliphatic hydroxyl groups is 7. The molecule has 0 bridgehead atoms. The van der Waals surface area contributed by atoms with Crippen molar-refractivity contribution in [3.63, 3.8) is 0 Å². The number of unbranched alkanes of at least 4 members (excludes halogenated alkanes) is 4. The van der Waals surface area contributed by atoms with Crippen LogP contribution < -0.4 is 0 Å².